The molecule has 6 N–H and O–H groups in total. The third-order valence-electron chi connectivity index (χ3n) is 5.89. The van der Waals surface area contributed by atoms with E-state index in [1.807, 2.05) is 44.2 Å². The Morgan fingerprint density at radius 3 is 2.40 bits per heavy atom. The van der Waals surface area contributed by atoms with Gasteiger partial charge >= 0.3 is 5.97 Å². The molecule has 0 bridgehead atoms. The summed E-state index contributed by atoms with van der Waals surface area (Å²) in [7, 11) is 1.27. The van der Waals surface area contributed by atoms with E-state index in [9.17, 15) is 9.59 Å². The first kappa shape index (κ1) is 37.0. The normalized spacial score (nSPS) is 11.9. The van der Waals surface area contributed by atoms with E-state index in [4.69, 9.17) is 39.4 Å². The molecule has 0 spiro atoms. The van der Waals surface area contributed by atoms with Crippen molar-refractivity contribution in [3.8, 4) is 11.3 Å². The molecule has 1 unspecified atom stereocenters. The van der Waals surface area contributed by atoms with Crippen molar-refractivity contribution in [3.05, 3.63) is 76.8 Å². The quantitative estimate of drug-likeness (QED) is 0.0624. The van der Waals surface area contributed by atoms with E-state index in [1.54, 1.807) is 29.1 Å². The van der Waals surface area contributed by atoms with Gasteiger partial charge in [0, 0.05) is 47.4 Å². The zero-order valence-electron chi connectivity index (χ0n) is 25.3. The van der Waals surface area contributed by atoms with Crippen molar-refractivity contribution in [2.75, 3.05) is 25.5 Å². The maximum atomic E-state index is 12.5. The van der Waals surface area contributed by atoms with E-state index in [2.05, 4.69) is 40.3 Å². The number of anilines is 1. The topological polar surface area (TPSA) is 150 Å². The van der Waals surface area contributed by atoms with Crippen molar-refractivity contribution in [3.63, 3.8) is 0 Å². The first-order chi connectivity index (χ1) is 20.6. The Morgan fingerprint density at radius 2 is 1.86 bits per heavy atom. The smallest absolute Gasteiger partial charge is 0.328 e. The number of esters is 1. The number of nitrogens with zero attached hydrogens (tertiary/aromatic N) is 3. The number of benzene rings is 1. The number of methoxy groups -OCH3 is 1. The van der Waals surface area contributed by atoms with Gasteiger partial charge in [-0.25, -0.2) is 9.48 Å². The van der Waals surface area contributed by atoms with Crippen LogP contribution in [-0.4, -0.2) is 53.9 Å². The number of hydrogen-bond acceptors (Lipinski definition) is 6. The molecule has 0 radical (unpaired) electrons. The Morgan fingerprint density at radius 1 is 1.16 bits per heavy atom. The largest absolute Gasteiger partial charge is 0.467 e. The number of aromatic nitrogens is 2. The maximum Gasteiger partial charge on any atom is 0.328 e. The monoisotopic (exact) mass is 631 g/mol. The summed E-state index contributed by atoms with van der Waals surface area (Å²) in [6.07, 6.45) is 13.4. The lowest BCUT2D eigenvalue weighted by molar-refractivity contribution is -0.145. The summed E-state index contributed by atoms with van der Waals surface area (Å²) in [6, 6.07) is 6.24. The van der Waals surface area contributed by atoms with Gasteiger partial charge in [0.15, 0.2) is 5.96 Å². The number of carbonyl (C=O) groups is 2. The molecule has 1 amide bonds. The molecule has 0 saturated heterocycles. The van der Waals surface area contributed by atoms with Gasteiger partial charge in [0.1, 0.15) is 11.9 Å². The lowest BCUT2D eigenvalue weighted by atomic mass is 10.1. The number of aliphatic imine (C=N–C) groups is 1. The average molecular weight is 633 g/mol. The summed E-state index contributed by atoms with van der Waals surface area (Å²) >= 11 is 12.3. The Bertz CT molecular complexity index is 1290. The minimum Gasteiger partial charge on any atom is -0.467 e. The second-order valence-corrected chi connectivity index (χ2v) is 9.95. The summed E-state index contributed by atoms with van der Waals surface area (Å²) in [5.74, 6) is -0.201. The predicted octanol–water partition coefficient (Wildman–Crippen LogP) is 5.95. The minimum atomic E-state index is -0.787. The summed E-state index contributed by atoms with van der Waals surface area (Å²) in [5.41, 5.74) is 13.3. The molecular formula is C31H43Cl2N7O3. The van der Waals surface area contributed by atoms with Gasteiger partial charge in [-0.1, -0.05) is 66.6 Å². The molecule has 0 fully saturated rings. The molecule has 1 aromatic carbocycles. The Labute approximate surface area is 264 Å². The first-order valence-corrected chi connectivity index (χ1v) is 14.6. The standard InChI is InChI=1S/C24H31Cl2N7O3.C7H12/c1-3-4-5-11-33-21(15-20(32-33)16-12-17(25)14-18(26)13-16)29-10-8-22(34)31-19(23(35)36-2)7-6-9-30-24(27)28;1-4-7(5-2)6-3/h3-5,11-15,19,29H,6-10H2,1-2H3,(H,31,34)(H4,27,28,30);4-5H,1,6H2,2-3H3/b4-3+,11-5+;7-5-. The molecule has 2 rings (SSSR count). The van der Waals surface area contributed by atoms with Crippen LogP contribution in [0.25, 0.3) is 17.5 Å². The summed E-state index contributed by atoms with van der Waals surface area (Å²) < 4.78 is 6.45. The molecule has 1 atom stereocenters. The fourth-order valence-corrected chi connectivity index (χ4v) is 4.18. The Balaban J connectivity index is 0.00000117. The van der Waals surface area contributed by atoms with Gasteiger partial charge < -0.3 is 26.8 Å². The number of carbonyl (C=O) groups excluding carboxylic acids is 2. The summed E-state index contributed by atoms with van der Waals surface area (Å²) in [4.78, 5) is 28.4. The van der Waals surface area contributed by atoms with Crippen LogP contribution >= 0.6 is 23.2 Å². The van der Waals surface area contributed by atoms with Gasteiger partial charge in [-0.05, 0) is 57.4 Å². The third-order valence-corrected chi connectivity index (χ3v) is 6.33. The number of rotatable bonds is 15. The number of nitrogens with two attached hydrogens (primary N) is 2. The highest BCUT2D eigenvalue weighted by Crippen LogP contribution is 2.28. The molecule has 0 saturated carbocycles. The number of nitrogens with one attached hydrogen (secondary N) is 2. The van der Waals surface area contributed by atoms with Crippen molar-refractivity contribution >= 4 is 53.1 Å². The van der Waals surface area contributed by atoms with Gasteiger partial charge in [-0.15, -0.1) is 0 Å². The van der Waals surface area contributed by atoms with E-state index in [-0.39, 0.29) is 18.3 Å². The van der Waals surface area contributed by atoms with Crippen LogP contribution in [0.4, 0.5) is 5.82 Å². The van der Waals surface area contributed by atoms with E-state index in [0.717, 1.165) is 12.0 Å². The highest BCUT2D eigenvalue weighted by molar-refractivity contribution is 6.35. The maximum absolute atomic E-state index is 12.5. The predicted molar refractivity (Wildman–Crippen MR) is 179 cm³/mol. The second-order valence-electron chi connectivity index (χ2n) is 9.07. The highest BCUT2D eigenvalue weighted by atomic mass is 35.5. The van der Waals surface area contributed by atoms with Crippen LogP contribution in [0.15, 0.2) is 71.8 Å². The Hall–Kier alpha value is -4.02. The number of hydrogen-bond donors (Lipinski definition) is 4. The van der Waals surface area contributed by atoms with Gasteiger partial charge in [-0.3, -0.25) is 9.79 Å². The van der Waals surface area contributed by atoms with Crippen molar-refractivity contribution in [1.82, 2.24) is 15.1 Å². The van der Waals surface area contributed by atoms with Crippen LogP contribution in [0.5, 0.6) is 0 Å². The molecule has 2 aromatic rings. The van der Waals surface area contributed by atoms with Crippen molar-refractivity contribution < 1.29 is 14.3 Å². The molecule has 1 aromatic heterocycles. The van der Waals surface area contributed by atoms with Gasteiger partial charge in [-0.2, -0.15) is 5.10 Å². The number of allylic oxidation sites excluding steroid dienone is 6. The van der Waals surface area contributed by atoms with Crippen molar-refractivity contribution in [2.24, 2.45) is 16.5 Å². The molecule has 12 heteroatoms. The van der Waals surface area contributed by atoms with Crippen molar-refractivity contribution in [1.29, 1.82) is 0 Å². The molecule has 10 nitrogen and oxygen atoms in total. The number of amides is 1. The van der Waals surface area contributed by atoms with Crippen LogP contribution in [0.1, 0.15) is 46.5 Å². The van der Waals surface area contributed by atoms with Gasteiger partial charge in [0.2, 0.25) is 5.91 Å². The number of halogens is 2. The first-order valence-electron chi connectivity index (χ1n) is 13.9. The van der Waals surface area contributed by atoms with Crippen LogP contribution in [0, 0.1) is 0 Å². The lowest BCUT2D eigenvalue weighted by Gasteiger charge is -2.16. The Kier molecular flexibility index (Phi) is 17.9. The van der Waals surface area contributed by atoms with E-state index in [1.165, 1.54) is 12.7 Å². The molecular weight excluding hydrogens is 589 g/mol. The zero-order chi connectivity index (χ0) is 32.2. The van der Waals surface area contributed by atoms with Crippen LogP contribution in [0.3, 0.4) is 0 Å². The molecule has 0 aliphatic carbocycles. The minimum absolute atomic E-state index is 0.0267. The number of ether oxygens (including phenoxy) is 1. The lowest BCUT2D eigenvalue weighted by Crippen LogP contribution is -2.42. The van der Waals surface area contributed by atoms with Gasteiger partial charge in [0.05, 0.1) is 12.8 Å². The average Bonchev–Trinajstić information content (AvgIpc) is 3.38. The van der Waals surface area contributed by atoms with Gasteiger partial charge in [0.25, 0.3) is 0 Å². The van der Waals surface area contributed by atoms with Crippen LogP contribution in [-0.2, 0) is 14.3 Å². The van der Waals surface area contributed by atoms with E-state index < -0.39 is 12.0 Å². The van der Waals surface area contributed by atoms with E-state index >= 15 is 0 Å². The third kappa shape index (κ3) is 14.6. The molecule has 234 valence electrons. The molecule has 0 aliphatic heterocycles. The fraction of sp³-hybridized carbons (Fsp3) is 0.355. The SMILES string of the molecule is C/C=C/C=C/n1nc(-c2cc(Cl)cc(Cl)c2)cc1NCCC(=O)NC(CCCN=C(N)N)C(=O)OC.C=C/C(=C/C)CC. The van der Waals surface area contributed by atoms with Crippen molar-refractivity contribution in [2.45, 2.75) is 52.5 Å². The fourth-order valence-electron chi connectivity index (χ4n) is 3.66. The van der Waals surface area contributed by atoms with E-state index in [0.29, 0.717) is 47.5 Å². The highest BCUT2D eigenvalue weighted by Gasteiger charge is 2.21. The molecule has 1 heterocycles. The second kappa shape index (κ2) is 20.8. The molecule has 43 heavy (non-hydrogen) atoms. The molecule has 0 aliphatic rings. The summed E-state index contributed by atoms with van der Waals surface area (Å²) in [6.45, 7) is 10.3. The zero-order valence-corrected chi connectivity index (χ0v) is 26.8. The van der Waals surface area contributed by atoms with Crippen LogP contribution < -0.4 is 22.1 Å². The number of guanidine groups is 1. The summed E-state index contributed by atoms with van der Waals surface area (Å²) in [5, 5.41) is 11.5. The van der Waals surface area contributed by atoms with Crippen LogP contribution in [0.2, 0.25) is 10.0 Å².